The first-order valence-corrected chi connectivity index (χ1v) is 16.0. The van der Waals surface area contributed by atoms with Crippen LogP contribution in [0.3, 0.4) is 0 Å². The number of hydrogen-bond donors (Lipinski definition) is 0. The van der Waals surface area contributed by atoms with Gasteiger partial charge in [-0.2, -0.15) is 0 Å². The van der Waals surface area contributed by atoms with Crippen LogP contribution in [0.2, 0.25) is 4.44 Å². The van der Waals surface area contributed by atoms with Gasteiger partial charge in [0.1, 0.15) is 0 Å². The van der Waals surface area contributed by atoms with Crippen molar-refractivity contribution in [1.29, 1.82) is 0 Å². The Morgan fingerprint density at radius 3 is 0.879 bits per heavy atom. The summed E-state index contributed by atoms with van der Waals surface area (Å²) in [5.41, 5.74) is 0. The predicted molar refractivity (Wildman–Crippen MR) is 139 cm³/mol. The van der Waals surface area contributed by atoms with Crippen molar-refractivity contribution in [3.8, 4) is 0 Å². The molecule has 0 bridgehead atoms. The van der Waals surface area contributed by atoms with E-state index < -0.39 is 11.9 Å². The van der Waals surface area contributed by atoms with Crippen LogP contribution >= 0.6 is 0 Å². The quantitative estimate of drug-likeness (QED) is 0.107. The molecule has 194 valence electrons. The van der Waals surface area contributed by atoms with E-state index in [2.05, 4.69) is 20.8 Å². The van der Waals surface area contributed by atoms with Gasteiger partial charge in [-0.3, -0.25) is 0 Å². The molecule has 0 fully saturated rings. The van der Waals surface area contributed by atoms with Gasteiger partial charge in [0.05, 0.1) is 0 Å². The third-order valence-corrected chi connectivity index (χ3v) is 6.51. The van der Waals surface area contributed by atoms with E-state index in [-0.39, 0.29) is 12.8 Å². The number of rotatable bonds is 22. The Labute approximate surface area is 220 Å². The summed E-state index contributed by atoms with van der Waals surface area (Å²) in [4.78, 5) is 20.2. The van der Waals surface area contributed by atoms with Gasteiger partial charge in [0.2, 0.25) is 0 Å². The average Bonchev–Trinajstić information content (AvgIpc) is 2.78. The molecule has 0 spiro atoms. The van der Waals surface area contributed by atoms with Gasteiger partial charge in [0, 0.05) is 11.9 Å². The third kappa shape index (κ3) is 49.8. The van der Waals surface area contributed by atoms with E-state index in [1.165, 1.54) is 107 Å². The minimum atomic E-state index is -0.909. The standard InChI is InChI=1S/2C12H24O2.C4H9.Sn/c2*1-2-3-4-5-6-7-8-9-10-11-12(13)14;1-3-4-2;/h2*2-11H2,1H3,(H,13,14);1,3-4H2,2H3;/q;;;+3/p-2. The van der Waals surface area contributed by atoms with Crippen molar-refractivity contribution in [3.05, 3.63) is 0 Å². The maximum absolute atomic E-state index is 10.1. The van der Waals surface area contributed by atoms with Crippen LogP contribution in [0.25, 0.3) is 0 Å². The molecule has 0 N–H and O–H groups in total. The van der Waals surface area contributed by atoms with Crippen LogP contribution in [0, 0.1) is 0 Å². The molecule has 0 saturated heterocycles. The molecule has 0 amide bonds. The molecule has 4 nitrogen and oxygen atoms in total. The summed E-state index contributed by atoms with van der Waals surface area (Å²) in [7, 11) is 0. The molecule has 0 saturated carbocycles. The topological polar surface area (TPSA) is 80.3 Å². The Bertz CT molecular complexity index is 341. The Morgan fingerprint density at radius 1 is 0.455 bits per heavy atom. The van der Waals surface area contributed by atoms with E-state index in [9.17, 15) is 19.8 Å². The van der Waals surface area contributed by atoms with Gasteiger partial charge < -0.3 is 19.8 Å². The monoisotopic (exact) mass is 575 g/mol. The van der Waals surface area contributed by atoms with Crippen LogP contribution in [-0.4, -0.2) is 34.5 Å². The molecule has 0 aliphatic heterocycles. The number of aliphatic carboxylic acids is 2. The number of carbonyl (C=O) groups is 2. The van der Waals surface area contributed by atoms with Gasteiger partial charge in [-0.25, -0.2) is 0 Å². The molecule has 0 unspecified atom stereocenters. The average molecular weight is 574 g/mol. The van der Waals surface area contributed by atoms with Crippen molar-refractivity contribution in [2.45, 2.75) is 166 Å². The van der Waals surface area contributed by atoms with Gasteiger partial charge >= 0.3 is 46.7 Å². The summed E-state index contributed by atoms with van der Waals surface area (Å²) in [5, 5.41) is 20.2. The van der Waals surface area contributed by atoms with Crippen molar-refractivity contribution in [1.82, 2.24) is 0 Å². The molecular weight excluding hydrogens is 519 g/mol. The van der Waals surface area contributed by atoms with E-state index in [0.29, 0.717) is 0 Å². The van der Waals surface area contributed by atoms with Gasteiger partial charge in [-0.15, -0.1) is 0 Å². The van der Waals surface area contributed by atoms with E-state index in [0.717, 1.165) is 25.7 Å². The molecule has 0 aromatic heterocycles. The first kappa shape index (κ1) is 37.3. The summed E-state index contributed by atoms with van der Waals surface area (Å²) in [6.07, 6.45) is 25.1. The zero-order chi connectivity index (χ0) is 25.4. The molecule has 0 aliphatic rings. The molecular formula is C28H55O4Sn+. The zero-order valence-corrected chi connectivity index (χ0v) is 25.3. The van der Waals surface area contributed by atoms with Gasteiger partial charge in [-0.05, 0) is 25.7 Å². The van der Waals surface area contributed by atoms with E-state index in [4.69, 9.17) is 0 Å². The fourth-order valence-electron chi connectivity index (χ4n) is 3.34. The number of carboxylic acids is 2. The SMILES string of the molecule is CCCCCCCCCCCC(=O)[O-].CCCCCCCCCCCC(=O)[O-].CCC[CH2][Sn+3]. The first-order valence-electron chi connectivity index (χ1n) is 14.0. The number of carboxylic acid groups (broad SMARTS) is 2. The molecule has 0 rings (SSSR count). The van der Waals surface area contributed by atoms with Gasteiger partial charge in [-0.1, -0.05) is 117 Å². The molecule has 33 heavy (non-hydrogen) atoms. The van der Waals surface area contributed by atoms with Crippen LogP contribution in [0.1, 0.15) is 162 Å². The summed E-state index contributed by atoms with van der Waals surface area (Å²) in [6, 6.07) is 0. The van der Waals surface area contributed by atoms with Crippen LogP contribution in [0.5, 0.6) is 0 Å². The van der Waals surface area contributed by atoms with Crippen LogP contribution in [0.4, 0.5) is 0 Å². The van der Waals surface area contributed by atoms with E-state index in [1.54, 1.807) is 22.5 Å². The second kappa shape index (κ2) is 36.3. The Morgan fingerprint density at radius 2 is 0.697 bits per heavy atom. The van der Waals surface area contributed by atoms with Crippen molar-refractivity contribution in [2.75, 3.05) is 0 Å². The van der Waals surface area contributed by atoms with Crippen LogP contribution in [-0.2, 0) is 9.59 Å². The predicted octanol–water partition coefficient (Wildman–Crippen LogP) is 6.69. The van der Waals surface area contributed by atoms with E-state index >= 15 is 0 Å². The second-order valence-electron chi connectivity index (χ2n) is 9.00. The summed E-state index contributed by atoms with van der Waals surface area (Å²) in [5.74, 6) is -1.82. The van der Waals surface area contributed by atoms with Crippen LogP contribution in [0.15, 0.2) is 0 Å². The van der Waals surface area contributed by atoms with Crippen molar-refractivity contribution < 1.29 is 19.8 Å². The van der Waals surface area contributed by atoms with Gasteiger partial charge in [0.15, 0.2) is 0 Å². The Kier molecular flexibility index (Phi) is 41.0. The molecule has 0 heterocycles. The van der Waals surface area contributed by atoms with E-state index in [1.807, 2.05) is 0 Å². The van der Waals surface area contributed by atoms with Crippen molar-refractivity contribution >= 4 is 34.5 Å². The summed E-state index contributed by atoms with van der Waals surface area (Å²) < 4.78 is 1.43. The third-order valence-electron chi connectivity index (χ3n) is 5.50. The molecule has 5 heteroatoms. The number of hydrogen-bond acceptors (Lipinski definition) is 4. The Balaban J connectivity index is -0.000000453. The molecule has 0 atom stereocenters. The summed E-state index contributed by atoms with van der Waals surface area (Å²) >= 11 is 1.68. The molecule has 0 aliphatic carbocycles. The first-order chi connectivity index (χ1) is 16.0. The minimum absolute atomic E-state index is 0.232. The van der Waals surface area contributed by atoms with Crippen LogP contribution < -0.4 is 10.2 Å². The fourth-order valence-corrected chi connectivity index (χ4v) is 4.35. The zero-order valence-electron chi connectivity index (χ0n) is 22.4. The number of unbranched alkanes of at least 4 members (excludes halogenated alkanes) is 17. The second-order valence-corrected chi connectivity index (χ2v) is 10.4. The van der Waals surface area contributed by atoms with Crippen molar-refractivity contribution in [3.63, 3.8) is 0 Å². The van der Waals surface area contributed by atoms with Crippen molar-refractivity contribution in [2.24, 2.45) is 0 Å². The molecule has 0 aromatic rings. The fraction of sp³-hybridized carbons (Fsp3) is 0.929. The Hall–Kier alpha value is -0.261. The number of carbonyl (C=O) groups excluding carboxylic acids is 2. The normalized spacial score (nSPS) is 10.1. The van der Waals surface area contributed by atoms with Gasteiger partial charge in [0.25, 0.3) is 0 Å². The maximum atomic E-state index is 10.1. The summed E-state index contributed by atoms with van der Waals surface area (Å²) in [6.45, 7) is 6.67. The molecule has 0 aromatic carbocycles. The molecule has 0 radical (unpaired) electrons.